The minimum absolute atomic E-state index is 0.0995. The van der Waals surface area contributed by atoms with Gasteiger partial charge < -0.3 is 4.57 Å². The van der Waals surface area contributed by atoms with Gasteiger partial charge in [-0.3, -0.25) is 4.79 Å². The number of carbonyl (C=O) groups is 1. The van der Waals surface area contributed by atoms with Crippen molar-refractivity contribution >= 4 is 27.5 Å². The van der Waals surface area contributed by atoms with Gasteiger partial charge in [-0.1, -0.05) is 68.5 Å². The van der Waals surface area contributed by atoms with Crippen LogP contribution < -0.4 is 4.80 Å². The molecule has 0 bridgehead atoms. The third-order valence-electron chi connectivity index (χ3n) is 4.51. The van der Waals surface area contributed by atoms with Crippen molar-refractivity contribution in [3.8, 4) is 0 Å². The van der Waals surface area contributed by atoms with Crippen molar-refractivity contribution in [1.82, 2.24) is 4.57 Å². The van der Waals surface area contributed by atoms with Crippen LogP contribution in [0.15, 0.2) is 47.5 Å². The van der Waals surface area contributed by atoms with Gasteiger partial charge in [-0.05, 0) is 35.1 Å². The monoisotopic (exact) mass is 352 g/mol. The van der Waals surface area contributed by atoms with Gasteiger partial charge in [0.25, 0.3) is 5.91 Å². The van der Waals surface area contributed by atoms with E-state index in [1.54, 1.807) is 11.3 Å². The van der Waals surface area contributed by atoms with E-state index in [-0.39, 0.29) is 5.91 Å². The lowest BCUT2D eigenvalue weighted by Crippen LogP contribution is -2.14. The summed E-state index contributed by atoms with van der Waals surface area (Å²) < 4.78 is 3.22. The predicted octanol–water partition coefficient (Wildman–Crippen LogP) is 4.60. The largest absolute Gasteiger partial charge is 0.319 e. The molecule has 1 heterocycles. The van der Waals surface area contributed by atoms with E-state index in [1.807, 2.05) is 23.7 Å². The number of fused-ring (bicyclic) bond motifs is 1. The van der Waals surface area contributed by atoms with Gasteiger partial charge >= 0.3 is 0 Å². The first-order valence-corrected chi connectivity index (χ1v) is 9.55. The second-order valence-electron chi connectivity index (χ2n) is 6.64. The molecule has 2 aromatic carbocycles. The van der Waals surface area contributed by atoms with E-state index in [0.717, 1.165) is 16.8 Å². The lowest BCUT2D eigenvalue weighted by atomic mass is 10.0. The topological polar surface area (TPSA) is 34.4 Å². The first-order chi connectivity index (χ1) is 12.0. The number of benzene rings is 2. The third-order valence-corrected chi connectivity index (χ3v) is 5.61. The summed E-state index contributed by atoms with van der Waals surface area (Å²) >= 11 is 1.57. The Kier molecular flexibility index (Phi) is 5.19. The van der Waals surface area contributed by atoms with Crippen LogP contribution in [-0.4, -0.2) is 10.5 Å². The van der Waals surface area contributed by atoms with Crippen LogP contribution in [-0.2, 0) is 24.7 Å². The van der Waals surface area contributed by atoms with Gasteiger partial charge in [-0.25, -0.2) is 0 Å². The quantitative estimate of drug-likeness (QED) is 0.676. The number of para-hydroxylation sites is 1. The van der Waals surface area contributed by atoms with Crippen LogP contribution in [0.4, 0.5) is 0 Å². The zero-order valence-electron chi connectivity index (χ0n) is 15.2. The predicted molar refractivity (Wildman–Crippen MR) is 105 cm³/mol. The van der Waals surface area contributed by atoms with E-state index < -0.39 is 0 Å². The zero-order valence-corrected chi connectivity index (χ0v) is 16.1. The molecule has 1 aromatic heterocycles. The fourth-order valence-corrected chi connectivity index (χ4v) is 4.10. The highest BCUT2D eigenvalue weighted by molar-refractivity contribution is 7.16. The molecule has 0 N–H and O–H groups in total. The second kappa shape index (κ2) is 7.36. The highest BCUT2D eigenvalue weighted by Crippen LogP contribution is 2.21. The smallest absolute Gasteiger partial charge is 0.252 e. The minimum atomic E-state index is -0.0995. The Labute approximate surface area is 152 Å². The Morgan fingerprint density at radius 1 is 1.16 bits per heavy atom. The highest BCUT2D eigenvalue weighted by Gasteiger charge is 2.09. The molecule has 0 spiro atoms. The lowest BCUT2D eigenvalue weighted by Gasteiger charge is -2.05. The highest BCUT2D eigenvalue weighted by atomic mass is 32.1. The number of thiazole rings is 1. The summed E-state index contributed by atoms with van der Waals surface area (Å²) in [6.45, 7) is 6.48. The number of amides is 1. The van der Waals surface area contributed by atoms with Gasteiger partial charge in [-0.15, -0.1) is 0 Å². The van der Waals surface area contributed by atoms with E-state index in [1.165, 1.54) is 21.3 Å². The molecule has 0 saturated carbocycles. The maximum Gasteiger partial charge on any atom is 0.252 e. The number of aryl methyl sites for hydroxylation is 2. The van der Waals surface area contributed by atoms with Gasteiger partial charge in [-0.2, -0.15) is 4.99 Å². The number of hydrogen-bond acceptors (Lipinski definition) is 2. The Morgan fingerprint density at radius 2 is 1.88 bits per heavy atom. The fourth-order valence-electron chi connectivity index (χ4n) is 3.02. The van der Waals surface area contributed by atoms with Gasteiger partial charge in [0.1, 0.15) is 0 Å². The summed E-state index contributed by atoms with van der Waals surface area (Å²) in [5, 5.41) is 0. The van der Waals surface area contributed by atoms with E-state index in [9.17, 15) is 4.79 Å². The van der Waals surface area contributed by atoms with Crippen LogP contribution in [0.5, 0.6) is 0 Å². The number of hydrogen-bond donors (Lipinski definition) is 0. The third kappa shape index (κ3) is 3.74. The van der Waals surface area contributed by atoms with Crippen LogP contribution in [0, 0.1) is 0 Å². The molecule has 3 aromatic rings. The van der Waals surface area contributed by atoms with Gasteiger partial charge in [0, 0.05) is 7.05 Å². The van der Waals surface area contributed by atoms with Crippen molar-refractivity contribution in [3.05, 3.63) is 64.0 Å². The SMILES string of the molecule is CCc1cccc2sc(=NC(=O)Cc3ccc(C(C)C)cc3)n(C)c12. The molecule has 0 fully saturated rings. The van der Waals surface area contributed by atoms with E-state index in [2.05, 4.69) is 56.1 Å². The van der Waals surface area contributed by atoms with E-state index in [0.29, 0.717) is 12.3 Å². The molecular weight excluding hydrogens is 328 g/mol. The summed E-state index contributed by atoms with van der Waals surface area (Å²) in [6.07, 6.45) is 1.31. The van der Waals surface area contributed by atoms with Crippen LogP contribution in [0.25, 0.3) is 10.2 Å². The molecule has 0 saturated heterocycles. The van der Waals surface area contributed by atoms with Crippen molar-refractivity contribution in [2.75, 3.05) is 0 Å². The summed E-state index contributed by atoms with van der Waals surface area (Å²) in [5.74, 6) is 0.400. The molecule has 0 atom stereocenters. The fraction of sp³-hybridized carbons (Fsp3) is 0.333. The molecular formula is C21H24N2OS. The summed E-state index contributed by atoms with van der Waals surface area (Å²) in [5.41, 5.74) is 4.77. The van der Waals surface area contributed by atoms with Crippen LogP contribution in [0.1, 0.15) is 43.4 Å². The van der Waals surface area contributed by atoms with Gasteiger partial charge in [0.05, 0.1) is 16.6 Å². The Hall–Kier alpha value is -2.20. The average molecular weight is 353 g/mol. The Balaban J connectivity index is 1.88. The number of aromatic nitrogens is 1. The molecule has 25 heavy (non-hydrogen) atoms. The molecule has 0 radical (unpaired) electrons. The molecule has 3 nitrogen and oxygen atoms in total. The van der Waals surface area contributed by atoms with Crippen LogP contribution in [0.2, 0.25) is 0 Å². The zero-order chi connectivity index (χ0) is 18.0. The van der Waals surface area contributed by atoms with Gasteiger partial charge in [0.2, 0.25) is 0 Å². The average Bonchev–Trinajstić information content (AvgIpc) is 2.91. The summed E-state index contributed by atoms with van der Waals surface area (Å²) in [6, 6.07) is 14.6. The van der Waals surface area contributed by atoms with Crippen molar-refractivity contribution in [1.29, 1.82) is 0 Å². The van der Waals surface area contributed by atoms with Crippen LogP contribution >= 0.6 is 11.3 Å². The van der Waals surface area contributed by atoms with Crippen molar-refractivity contribution in [2.45, 2.75) is 39.5 Å². The number of nitrogens with zero attached hydrogens (tertiary/aromatic N) is 2. The summed E-state index contributed by atoms with van der Waals surface area (Å²) in [7, 11) is 1.99. The Morgan fingerprint density at radius 3 is 2.52 bits per heavy atom. The van der Waals surface area contributed by atoms with Crippen molar-refractivity contribution in [2.24, 2.45) is 12.0 Å². The summed E-state index contributed by atoms with van der Waals surface area (Å²) in [4.78, 5) is 17.5. The molecule has 4 heteroatoms. The van der Waals surface area contributed by atoms with Crippen LogP contribution in [0.3, 0.4) is 0 Å². The standard InChI is InChI=1S/C21H24N2OS/c1-5-16-7-6-8-18-20(16)23(4)21(25-18)22-19(24)13-15-9-11-17(12-10-15)14(2)3/h6-12,14H,5,13H2,1-4H3. The number of rotatable bonds is 4. The van der Waals surface area contributed by atoms with Crippen molar-refractivity contribution < 1.29 is 4.79 Å². The number of carbonyl (C=O) groups excluding carboxylic acids is 1. The lowest BCUT2D eigenvalue weighted by molar-refractivity contribution is -0.117. The molecule has 3 rings (SSSR count). The molecule has 0 unspecified atom stereocenters. The molecule has 0 aliphatic carbocycles. The molecule has 1 amide bonds. The van der Waals surface area contributed by atoms with Gasteiger partial charge in [0.15, 0.2) is 4.80 Å². The maximum atomic E-state index is 12.4. The minimum Gasteiger partial charge on any atom is -0.319 e. The molecule has 0 aliphatic heterocycles. The molecule has 0 aliphatic rings. The first-order valence-electron chi connectivity index (χ1n) is 8.73. The van der Waals surface area contributed by atoms with E-state index >= 15 is 0 Å². The Bertz CT molecular complexity index is 962. The van der Waals surface area contributed by atoms with E-state index in [4.69, 9.17) is 0 Å². The normalized spacial score (nSPS) is 12.3. The molecule has 130 valence electrons. The second-order valence-corrected chi connectivity index (χ2v) is 7.65. The first kappa shape index (κ1) is 17.6. The maximum absolute atomic E-state index is 12.4. The van der Waals surface area contributed by atoms with Crippen molar-refractivity contribution in [3.63, 3.8) is 0 Å².